The molecule has 1 aromatic rings. The second-order valence-corrected chi connectivity index (χ2v) is 4.83. The van der Waals surface area contributed by atoms with Crippen molar-refractivity contribution >= 4 is 23.1 Å². The lowest BCUT2D eigenvalue weighted by Crippen LogP contribution is -2.37. The Morgan fingerprint density at radius 3 is 2.60 bits per heavy atom. The molecule has 20 heavy (non-hydrogen) atoms. The Morgan fingerprint density at radius 2 is 2.05 bits per heavy atom. The van der Waals surface area contributed by atoms with Crippen molar-refractivity contribution in [3.05, 3.63) is 29.8 Å². The number of carbonyl (C=O) groups excluding carboxylic acids is 1. The van der Waals surface area contributed by atoms with Crippen LogP contribution in [-0.4, -0.2) is 35.5 Å². The van der Waals surface area contributed by atoms with E-state index >= 15 is 0 Å². The van der Waals surface area contributed by atoms with E-state index in [0.717, 1.165) is 0 Å². The summed E-state index contributed by atoms with van der Waals surface area (Å²) in [5, 5.41) is 0. The molecule has 0 bridgehead atoms. The van der Waals surface area contributed by atoms with E-state index in [1.54, 1.807) is 20.0 Å². The van der Waals surface area contributed by atoms with Crippen molar-refractivity contribution in [1.29, 1.82) is 0 Å². The molecule has 0 saturated carbocycles. The number of alkyl halides is 2. The molecule has 0 aliphatic carbocycles. The summed E-state index contributed by atoms with van der Waals surface area (Å²) in [6.45, 7) is -1.21. The van der Waals surface area contributed by atoms with Crippen molar-refractivity contribution in [3.8, 4) is 5.75 Å². The van der Waals surface area contributed by atoms with Crippen LogP contribution < -0.4 is 10.5 Å². The van der Waals surface area contributed by atoms with Crippen molar-refractivity contribution in [2.24, 2.45) is 5.73 Å². The molecule has 1 amide bonds. The number of para-hydroxylation sites is 1. The highest BCUT2D eigenvalue weighted by Crippen LogP contribution is 2.22. The first-order valence-corrected chi connectivity index (χ1v) is 6.33. The molecule has 7 heteroatoms. The molecule has 1 unspecified atom stereocenters. The van der Waals surface area contributed by atoms with Gasteiger partial charge in [0.2, 0.25) is 0 Å². The third-order valence-electron chi connectivity index (χ3n) is 2.81. The highest BCUT2D eigenvalue weighted by atomic mass is 32.1. The van der Waals surface area contributed by atoms with Crippen LogP contribution in [0.5, 0.6) is 5.75 Å². The standard InChI is InChI=1S/C13H16F2N2O2S/c1-8(7-11(16)20)17(2)12(18)9-5-3-4-6-10(9)19-13(14)15/h3-6,8,13H,7H2,1-2H3,(H2,16,20). The molecule has 0 saturated heterocycles. The summed E-state index contributed by atoms with van der Waals surface area (Å²) in [5.74, 6) is -0.577. The zero-order valence-corrected chi connectivity index (χ0v) is 12.0. The molecule has 1 atom stereocenters. The highest BCUT2D eigenvalue weighted by Gasteiger charge is 2.22. The maximum Gasteiger partial charge on any atom is 0.387 e. The Kier molecular flexibility index (Phi) is 5.82. The maximum atomic E-state index is 12.3. The van der Waals surface area contributed by atoms with Crippen LogP contribution in [0.15, 0.2) is 24.3 Å². The SMILES string of the molecule is CC(CC(N)=S)N(C)C(=O)c1ccccc1OC(F)F. The van der Waals surface area contributed by atoms with E-state index in [0.29, 0.717) is 6.42 Å². The fraction of sp³-hybridized carbons (Fsp3) is 0.385. The Bertz CT molecular complexity index is 497. The van der Waals surface area contributed by atoms with E-state index in [2.05, 4.69) is 4.74 Å². The third-order valence-corrected chi connectivity index (χ3v) is 2.98. The number of hydrogen-bond donors (Lipinski definition) is 1. The summed E-state index contributed by atoms with van der Waals surface area (Å²) in [6, 6.07) is 5.62. The molecule has 0 radical (unpaired) electrons. The average molecular weight is 302 g/mol. The number of amides is 1. The Hall–Kier alpha value is -1.76. The number of nitrogens with zero attached hydrogens (tertiary/aromatic N) is 1. The fourth-order valence-corrected chi connectivity index (χ4v) is 1.90. The number of benzene rings is 1. The van der Waals surface area contributed by atoms with E-state index in [-0.39, 0.29) is 22.3 Å². The second-order valence-electron chi connectivity index (χ2n) is 4.31. The zero-order valence-electron chi connectivity index (χ0n) is 11.2. The minimum atomic E-state index is -2.98. The van der Waals surface area contributed by atoms with Crippen LogP contribution in [0.25, 0.3) is 0 Å². The summed E-state index contributed by atoms with van der Waals surface area (Å²) in [4.78, 5) is 14.0. The van der Waals surface area contributed by atoms with Crippen molar-refractivity contribution < 1.29 is 18.3 Å². The van der Waals surface area contributed by atoms with Crippen LogP contribution in [0.2, 0.25) is 0 Å². The van der Waals surface area contributed by atoms with Gasteiger partial charge in [0.1, 0.15) is 5.75 Å². The molecular formula is C13H16F2N2O2S. The van der Waals surface area contributed by atoms with Crippen LogP contribution in [0.3, 0.4) is 0 Å². The number of hydrogen-bond acceptors (Lipinski definition) is 3. The molecule has 110 valence electrons. The summed E-state index contributed by atoms with van der Waals surface area (Å²) in [6.07, 6.45) is 0.357. The Labute approximate surface area is 121 Å². The lowest BCUT2D eigenvalue weighted by atomic mass is 10.1. The van der Waals surface area contributed by atoms with Gasteiger partial charge in [-0.1, -0.05) is 24.4 Å². The van der Waals surface area contributed by atoms with Crippen LogP contribution in [0.4, 0.5) is 8.78 Å². The first-order chi connectivity index (χ1) is 9.32. The van der Waals surface area contributed by atoms with Crippen molar-refractivity contribution in [2.45, 2.75) is 26.0 Å². The molecule has 0 aromatic heterocycles. The smallest absolute Gasteiger partial charge is 0.387 e. The van der Waals surface area contributed by atoms with Gasteiger partial charge in [-0.25, -0.2) is 0 Å². The molecule has 0 heterocycles. The molecular weight excluding hydrogens is 286 g/mol. The monoisotopic (exact) mass is 302 g/mol. The number of ether oxygens (including phenoxy) is 1. The van der Waals surface area contributed by atoms with Crippen LogP contribution >= 0.6 is 12.2 Å². The molecule has 2 N–H and O–H groups in total. The van der Waals surface area contributed by atoms with Gasteiger partial charge in [0.25, 0.3) is 5.91 Å². The number of thiocarbonyl (C=S) groups is 1. The first kappa shape index (κ1) is 16.3. The minimum Gasteiger partial charge on any atom is -0.434 e. The number of nitrogens with two attached hydrogens (primary N) is 1. The van der Waals surface area contributed by atoms with Gasteiger partial charge in [-0.05, 0) is 19.1 Å². The largest absolute Gasteiger partial charge is 0.434 e. The minimum absolute atomic E-state index is 0.0742. The lowest BCUT2D eigenvalue weighted by molar-refractivity contribution is -0.0502. The molecule has 1 aromatic carbocycles. The summed E-state index contributed by atoms with van der Waals surface area (Å²) in [5.41, 5.74) is 5.51. The average Bonchev–Trinajstić information content (AvgIpc) is 2.36. The topological polar surface area (TPSA) is 55.6 Å². The first-order valence-electron chi connectivity index (χ1n) is 5.92. The molecule has 0 aliphatic rings. The molecule has 0 spiro atoms. The van der Waals surface area contributed by atoms with E-state index in [4.69, 9.17) is 18.0 Å². The molecule has 0 fully saturated rings. The molecule has 1 rings (SSSR count). The van der Waals surface area contributed by atoms with Gasteiger partial charge in [-0.3, -0.25) is 4.79 Å². The van der Waals surface area contributed by atoms with Crippen molar-refractivity contribution in [3.63, 3.8) is 0 Å². The van der Waals surface area contributed by atoms with Gasteiger partial charge in [-0.15, -0.1) is 0 Å². The lowest BCUT2D eigenvalue weighted by Gasteiger charge is -2.25. The van der Waals surface area contributed by atoms with Gasteiger partial charge in [0, 0.05) is 19.5 Å². The quantitative estimate of drug-likeness (QED) is 0.820. The Balaban J connectivity index is 2.93. The van der Waals surface area contributed by atoms with E-state index in [1.165, 1.54) is 23.1 Å². The molecule has 0 aliphatic heterocycles. The summed E-state index contributed by atoms with van der Waals surface area (Å²) >= 11 is 4.79. The van der Waals surface area contributed by atoms with Crippen molar-refractivity contribution in [1.82, 2.24) is 4.90 Å². The Morgan fingerprint density at radius 1 is 1.45 bits per heavy atom. The van der Waals surface area contributed by atoms with Crippen LogP contribution in [-0.2, 0) is 0 Å². The normalized spacial score (nSPS) is 12.1. The predicted molar refractivity (Wildman–Crippen MR) is 76.0 cm³/mol. The fourth-order valence-electron chi connectivity index (χ4n) is 1.66. The van der Waals surface area contributed by atoms with Crippen molar-refractivity contribution in [2.75, 3.05) is 7.05 Å². The number of carbonyl (C=O) groups is 1. The summed E-state index contributed by atoms with van der Waals surface area (Å²) in [7, 11) is 1.56. The third kappa shape index (κ3) is 4.41. The van der Waals surface area contributed by atoms with Gasteiger partial charge >= 0.3 is 6.61 Å². The van der Waals surface area contributed by atoms with E-state index < -0.39 is 12.5 Å². The van der Waals surface area contributed by atoms with Crippen LogP contribution in [0, 0.1) is 0 Å². The van der Waals surface area contributed by atoms with Gasteiger partial charge in [0.15, 0.2) is 0 Å². The zero-order chi connectivity index (χ0) is 15.3. The van der Waals surface area contributed by atoms with Crippen LogP contribution in [0.1, 0.15) is 23.7 Å². The predicted octanol–water partition coefficient (Wildman–Crippen LogP) is 2.42. The number of halogens is 2. The van der Waals surface area contributed by atoms with Gasteiger partial charge in [0.05, 0.1) is 10.6 Å². The van der Waals surface area contributed by atoms with Gasteiger partial charge in [-0.2, -0.15) is 8.78 Å². The summed E-state index contributed by atoms with van der Waals surface area (Å²) < 4.78 is 29.0. The maximum absolute atomic E-state index is 12.3. The van der Waals surface area contributed by atoms with E-state index in [9.17, 15) is 13.6 Å². The van der Waals surface area contributed by atoms with E-state index in [1.807, 2.05) is 0 Å². The second kappa shape index (κ2) is 7.14. The number of rotatable bonds is 6. The van der Waals surface area contributed by atoms with Gasteiger partial charge < -0.3 is 15.4 Å². The molecule has 4 nitrogen and oxygen atoms in total. The highest BCUT2D eigenvalue weighted by molar-refractivity contribution is 7.80.